The Morgan fingerprint density at radius 3 is 2.27 bits per heavy atom. The maximum atomic E-state index is 12.2. The Labute approximate surface area is 139 Å². The molecule has 0 radical (unpaired) electrons. The molecule has 0 atom stereocenters. The number of carbonyl (C=O) groups excluding carboxylic acids is 1. The minimum atomic E-state index is 0.118. The standard InChI is InChI=1S/C18H17BrN2O/c1-21(13-16-6-9-17(19)10-7-16)18(22)11-8-14-2-4-15(12-20)5-3-14/h2-7,9-10H,8,11,13H2,1H3. The van der Waals surface area contributed by atoms with Crippen LogP contribution in [0.25, 0.3) is 0 Å². The number of nitrogens with zero attached hydrogens (tertiary/aromatic N) is 2. The van der Waals surface area contributed by atoms with E-state index in [4.69, 9.17) is 5.26 Å². The minimum absolute atomic E-state index is 0.118. The van der Waals surface area contributed by atoms with Crippen molar-refractivity contribution in [3.63, 3.8) is 0 Å². The van der Waals surface area contributed by atoms with Crippen LogP contribution in [0.3, 0.4) is 0 Å². The van der Waals surface area contributed by atoms with Gasteiger partial charge >= 0.3 is 0 Å². The lowest BCUT2D eigenvalue weighted by Crippen LogP contribution is -2.26. The van der Waals surface area contributed by atoms with Crippen molar-refractivity contribution >= 4 is 21.8 Å². The van der Waals surface area contributed by atoms with Gasteiger partial charge in [0, 0.05) is 24.5 Å². The molecule has 0 spiro atoms. The minimum Gasteiger partial charge on any atom is -0.341 e. The predicted octanol–water partition coefficient (Wildman–Crippen LogP) is 3.91. The molecule has 0 heterocycles. The van der Waals surface area contributed by atoms with Gasteiger partial charge in [0.15, 0.2) is 0 Å². The summed E-state index contributed by atoms with van der Waals surface area (Å²) in [5.41, 5.74) is 2.82. The van der Waals surface area contributed by atoms with Crippen molar-refractivity contribution in [1.29, 1.82) is 5.26 Å². The SMILES string of the molecule is CN(Cc1ccc(Br)cc1)C(=O)CCc1ccc(C#N)cc1. The molecular formula is C18H17BrN2O. The van der Waals surface area contributed by atoms with E-state index < -0.39 is 0 Å². The van der Waals surface area contributed by atoms with Crippen molar-refractivity contribution in [3.8, 4) is 6.07 Å². The molecule has 3 nitrogen and oxygen atoms in total. The van der Waals surface area contributed by atoms with Crippen molar-refractivity contribution in [1.82, 2.24) is 4.90 Å². The molecule has 0 saturated carbocycles. The molecule has 2 aromatic rings. The highest BCUT2D eigenvalue weighted by Gasteiger charge is 2.09. The molecule has 4 heteroatoms. The fraction of sp³-hybridized carbons (Fsp3) is 0.222. The Bertz CT molecular complexity index is 672. The van der Waals surface area contributed by atoms with E-state index in [0.717, 1.165) is 15.6 Å². The second kappa shape index (κ2) is 7.77. The lowest BCUT2D eigenvalue weighted by molar-refractivity contribution is -0.130. The lowest BCUT2D eigenvalue weighted by Gasteiger charge is -2.17. The number of aryl methyl sites for hydroxylation is 1. The van der Waals surface area contributed by atoms with Crippen molar-refractivity contribution in [2.24, 2.45) is 0 Å². The monoisotopic (exact) mass is 356 g/mol. The van der Waals surface area contributed by atoms with E-state index >= 15 is 0 Å². The number of nitriles is 1. The molecule has 0 fully saturated rings. The summed E-state index contributed by atoms with van der Waals surface area (Å²) in [6.07, 6.45) is 1.16. The maximum absolute atomic E-state index is 12.2. The molecule has 0 unspecified atom stereocenters. The summed E-state index contributed by atoms with van der Waals surface area (Å²) in [5, 5.41) is 8.76. The van der Waals surface area contributed by atoms with E-state index in [1.165, 1.54) is 0 Å². The first-order chi connectivity index (χ1) is 10.6. The molecule has 112 valence electrons. The van der Waals surface area contributed by atoms with Crippen LogP contribution in [-0.4, -0.2) is 17.9 Å². The highest BCUT2D eigenvalue weighted by Crippen LogP contribution is 2.13. The van der Waals surface area contributed by atoms with Crippen LogP contribution in [0.15, 0.2) is 53.0 Å². The Morgan fingerprint density at radius 2 is 1.68 bits per heavy atom. The normalized spacial score (nSPS) is 10.0. The van der Waals surface area contributed by atoms with Crippen LogP contribution in [0.2, 0.25) is 0 Å². The van der Waals surface area contributed by atoms with Crippen molar-refractivity contribution < 1.29 is 4.79 Å². The summed E-state index contributed by atoms with van der Waals surface area (Å²) in [6, 6.07) is 17.4. The molecule has 0 aliphatic rings. The molecule has 0 N–H and O–H groups in total. The van der Waals surface area contributed by atoms with Crippen molar-refractivity contribution in [2.75, 3.05) is 7.05 Å². The average Bonchev–Trinajstić information content (AvgIpc) is 2.55. The zero-order valence-electron chi connectivity index (χ0n) is 12.4. The van der Waals surface area contributed by atoms with Crippen LogP contribution in [-0.2, 0) is 17.8 Å². The summed E-state index contributed by atoms with van der Waals surface area (Å²) in [5.74, 6) is 0.118. The zero-order chi connectivity index (χ0) is 15.9. The van der Waals surface area contributed by atoms with E-state index in [1.807, 2.05) is 43.4 Å². The molecule has 0 bridgehead atoms. The Hall–Kier alpha value is -2.12. The molecule has 0 aliphatic heterocycles. The molecule has 1 amide bonds. The number of hydrogen-bond donors (Lipinski definition) is 0. The first-order valence-corrected chi connectivity index (χ1v) is 7.85. The van der Waals surface area contributed by atoms with Gasteiger partial charge in [0.05, 0.1) is 11.6 Å². The van der Waals surface area contributed by atoms with E-state index in [2.05, 4.69) is 22.0 Å². The fourth-order valence-corrected chi connectivity index (χ4v) is 2.40. The molecular weight excluding hydrogens is 340 g/mol. The number of benzene rings is 2. The highest BCUT2D eigenvalue weighted by molar-refractivity contribution is 9.10. The first-order valence-electron chi connectivity index (χ1n) is 7.06. The van der Waals surface area contributed by atoms with Gasteiger partial charge < -0.3 is 4.90 Å². The fourth-order valence-electron chi connectivity index (χ4n) is 2.14. The second-order valence-electron chi connectivity index (χ2n) is 5.18. The van der Waals surface area contributed by atoms with Gasteiger partial charge in [0.2, 0.25) is 5.91 Å². The maximum Gasteiger partial charge on any atom is 0.222 e. The number of rotatable bonds is 5. The van der Waals surface area contributed by atoms with E-state index in [1.54, 1.807) is 17.0 Å². The Morgan fingerprint density at radius 1 is 1.09 bits per heavy atom. The third-order valence-corrected chi connectivity index (χ3v) is 4.00. The zero-order valence-corrected chi connectivity index (χ0v) is 14.0. The van der Waals surface area contributed by atoms with Gasteiger partial charge in [-0.1, -0.05) is 40.2 Å². The number of hydrogen-bond acceptors (Lipinski definition) is 2. The van der Waals surface area contributed by atoms with Crippen LogP contribution < -0.4 is 0 Å². The third kappa shape index (κ3) is 4.71. The van der Waals surface area contributed by atoms with Gasteiger partial charge in [-0.2, -0.15) is 5.26 Å². The van der Waals surface area contributed by atoms with Crippen LogP contribution in [0.1, 0.15) is 23.1 Å². The van der Waals surface area contributed by atoms with Crippen LogP contribution in [0, 0.1) is 11.3 Å². The van der Waals surface area contributed by atoms with Gasteiger partial charge in [-0.05, 0) is 41.8 Å². The third-order valence-electron chi connectivity index (χ3n) is 3.47. The smallest absolute Gasteiger partial charge is 0.222 e. The van der Waals surface area contributed by atoms with E-state index in [-0.39, 0.29) is 5.91 Å². The molecule has 0 aromatic heterocycles. The summed E-state index contributed by atoms with van der Waals surface area (Å²) >= 11 is 3.40. The lowest BCUT2D eigenvalue weighted by atomic mass is 10.1. The van der Waals surface area contributed by atoms with E-state index in [0.29, 0.717) is 24.9 Å². The Balaban J connectivity index is 1.85. The molecule has 22 heavy (non-hydrogen) atoms. The van der Waals surface area contributed by atoms with Gasteiger partial charge in [-0.15, -0.1) is 0 Å². The van der Waals surface area contributed by atoms with Gasteiger partial charge in [0.1, 0.15) is 0 Å². The molecule has 2 rings (SSSR count). The summed E-state index contributed by atoms with van der Waals surface area (Å²) in [6.45, 7) is 0.611. The second-order valence-corrected chi connectivity index (χ2v) is 6.10. The summed E-state index contributed by atoms with van der Waals surface area (Å²) in [4.78, 5) is 13.9. The summed E-state index contributed by atoms with van der Waals surface area (Å²) < 4.78 is 1.03. The quantitative estimate of drug-likeness (QED) is 0.814. The van der Waals surface area contributed by atoms with Crippen LogP contribution in [0.4, 0.5) is 0 Å². The molecule has 0 aliphatic carbocycles. The molecule has 2 aromatic carbocycles. The summed E-state index contributed by atoms with van der Waals surface area (Å²) in [7, 11) is 1.82. The number of halogens is 1. The first kappa shape index (κ1) is 16.3. The topological polar surface area (TPSA) is 44.1 Å². The predicted molar refractivity (Wildman–Crippen MR) is 90.1 cm³/mol. The van der Waals surface area contributed by atoms with E-state index in [9.17, 15) is 4.79 Å². The highest BCUT2D eigenvalue weighted by atomic mass is 79.9. The van der Waals surface area contributed by atoms with Gasteiger partial charge in [0.25, 0.3) is 0 Å². The van der Waals surface area contributed by atoms with Crippen LogP contribution in [0.5, 0.6) is 0 Å². The van der Waals surface area contributed by atoms with Gasteiger partial charge in [-0.25, -0.2) is 0 Å². The average molecular weight is 357 g/mol. The largest absolute Gasteiger partial charge is 0.341 e. The van der Waals surface area contributed by atoms with Gasteiger partial charge in [-0.3, -0.25) is 4.79 Å². The van der Waals surface area contributed by atoms with Crippen LogP contribution >= 0.6 is 15.9 Å². The number of carbonyl (C=O) groups is 1. The molecule has 0 saturated heterocycles. The Kier molecular flexibility index (Phi) is 5.74. The van der Waals surface area contributed by atoms with Crippen molar-refractivity contribution in [3.05, 3.63) is 69.7 Å². The van der Waals surface area contributed by atoms with Crippen molar-refractivity contribution in [2.45, 2.75) is 19.4 Å². The number of amides is 1.